The Morgan fingerprint density at radius 3 is 2.65 bits per heavy atom. The van der Waals surface area contributed by atoms with Gasteiger partial charge in [0, 0.05) is 4.91 Å². The van der Waals surface area contributed by atoms with Crippen LogP contribution >= 0.6 is 15.6 Å². The molecule has 0 bridgehead atoms. The first-order chi connectivity index (χ1) is 13.9. The zero-order chi connectivity index (χ0) is 22.3. The number of rotatable bonds is 7. The maximum atomic E-state index is 11.5. The number of phosphoric acid groups is 2. The van der Waals surface area contributed by atoms with E-state index in [9.17, 15) is 29.1 Å². The Labute approximate surface area is 193 Å². The molecular formula is C10H13N8NaO10P2. The number of fused-ring (bicyclic) bond motifs is 1. The molecule has 0 spiro atoms. The van der Waals surface area contributed by atoms with Crippen LogP contribution in [0, 0.1) is 0 Å². The number of aliphatic hydroxyl groups is 2. The third kappa shape index (κ3) is 5.78. The van der Waals surface area contributed by atoms with Gasteiger partial charge in [-0.3, -0.25) is 13.7 Å². The van der Waals surface area contributed by atoms with Crippen LogP contribution in [0.15, 0.2) is 11.4 Å². The molecule has 0 amide bonds. The zero-order valence-electron chi connectivity index (χ0n) is 15.4. The number of hydrogen-bond donors (Lipinski definition) is 5. The molecule has 18 nitrogen and oxygen atoms in total. The maximum Gasteiger partial charge on any atom is 1.00 e. The van der Waals surface area contributed by atoms with Crippen molar-refractivity contribution in [3.05, 3.63) is 16.8 Å². The molecule has 21 heteroatoms. The SMILES string of the molecule is [N-]=[N+]=Nc1nc2c(N)ncnc2n1[C@@H]1O[C@H](COP(=O)(O)OP(=O)([O-])O)[C@@H](O)[C@H]1O.[Na+]. The predicted molar refractivity (Wildman–Crippen MR) is 91.2 cm³/mol. The summed E-state index contributed by atoms with van der Waals surface area (Å²) in [6, 6.07) is 0. The fraction of sp³-hybridized carbons (Fsp3) is 0.500. The van der Waals surface area contributed by atoms with Crippen molar-refractivity contribution in [1.29, 1.82) is 0 Å². The molecule has 6 N–H and O–H groups in total. The second-order valence-corrected chi connectivity index (χ2v) is 8.55. The Bertz CT molecular complexity index is 1100. The number of hydrogen-bond acceptors (Lipinski definition) is 13. The summed E-state index contributed by atoms with van der Waals surface area (Å²) in [6.07, 6.45) is -5.34. The van der Waals surface area contributed by atoms with Gasteiger partial charge in [-0.05, 0) is 10.6 Å². The minimum absolute atomic E-state index is 0. The molecule has 2 aromatic rings. The molecule has 1 saturated heterocycles. The van der Waals surface area contributed by atoms with Gasteiger partial charge in [0.05, 0.1) is 6.61 Å². The molecule has 1 aliphatic rings. The van der Waals surface area contributed by atoms with Crippen molar-refractivity contribution in [2.45, 2.75) is 24.5 Å². The van der Waals surface area contributed by atoms with Crippen molar-refractivity contribution in [2.75, 3.05) is 12.3 Å². The summed E-state index contributed by atoms with van der Waals surface area (Å²) in [5, 5.41) is 23.9. The maximum absolute atomic E-state index is 11.5. The Morgan fingerprint density at radius 1 is 1.35 bits per heavy atom. The number of nitrogen functional groups attached to an aromatic ring is 1. The van der Waals surface area contributed by atoms with Gasteiger partial charge in [-0.2, -0.15) is 0 Å². The third-order valence-electron chi connectivity index (χ3n) is 3.82. The molecular weight excluding hydrogens is 477 g/mol. The first kappa shape index (κ1) is 26.1. The molecule has 0 aliphatic carbocycles. The summed E-state index contributed by atoms with van der Waals surface area (Å²) < 4.78 is 36.4. The van der Waals surface area contributed by atoms with E-state index < -0.39 is 46.8 Å². The van der Waals surface area contributed by atoms with Crippen LogP contribution < -0.4 is 40.2 Å². The first-order valence-electron chi connectivity index (χ1n) is 7.71. The largest absolute Gasteiger partial charge is 1.00 e. The van der Waals surface area contributed by atoms with E-state index in [1.54, 1.807) is 0 Å². The Balaban J connectivity index is 0.00000341. The smallest absolute Gasteiger partial charge is 0.756 e. The summed E-state index contributed by atoms with van der Waals surface area (Å²) in [7, 11) is -10.9. The minimum atomic E-state index is -5.60. The average molecular weight is 490 g/mol. The monoisotopic (exact) mass is 490 g/mol. The van der Waals surface area contributed by atoms with Crippen molar-refractivity contribution in [3.8, 4) is 0 Å². The summed E-state index contributed by atoms with van der Waals surface area (Å²) in [5.74, 6) is -0.424. The van der Waals surface area contributed by atoms with E-state index in [2.05, 4.69) is 33.8 Å². The number of ether oxygens (including phenoxy) is 1. The average Bonchev–Trinajstić information content (AvgIpc) is 3.11. The molecule has 0 radical (unpaired) electrons. The molecule has 6 atom stereocenters. The van der Waals surface area contributed by atoms with E-state index in [0.717, 1.165) is 10.9 Å². The zero-order valence-corrected chi connectivity index (χ0v) is 19.2. The number of anilines is 1. The van der Waals surface area contributed by atoms with Crippen LogP contribution in [0.25, 0.3) is 21.6 Å². The van der Waals surface area contributed by atoms with E-state index in [0.29, 0.717) is 0 Å². The predicted octanol–water partition coefficient (Wildman–Crippen LogP) is -4.43. The van der Waals surface area contributed by atoms with Crippen molar-refractivity contribution < 1.29 is 77.2 Å². The van der Waals surface area contributed by atoms with E-state index in [1.807, 2.05) is 0 Å². The number of aliphatic hydroxyl groups excluding tert-OH is 2. The quantitative estimate of drug-likeness (QED) is 0.0805. The van der Waals surface area contributed by atoms with Gasteiger partial charge in [0.2, 0.25) is 5.95 Å². The van der Waals surface area contributed by atoms with Crippen LogP contribution in [-0.4, -0.2) is 64.4 Å². The second kappa shape index (κ2) is 9.74. The van der Waals surface area contributed by atoms with Crippen LogP contribution in [0.5, 0.6) is 0 Å². The van der Waals surface area contributed by atoms with Crippen molar-refractivity contribution >= 4 is 38.6 Å². The van der Waals surface area contributed by atoms with Crippen molar-refractivity contribution in [2.24, 2.45) is 5.11 Å². The fourth-order valence-corrected chi connectivity index (χ4v) is 4.23. The number of imidazole rings is 1. The van der Waals surface area contributed by atoms with Gasteiger partial charge in [0.1, 0.15) is 24.6 Å². The van der Waals surface area contributed by atoms with Crippen LogP contribution in [0.3, 0.4) is 0 Å². The molecule has 2 unspecified atom stereocenters. The summed E-state index contributed by atoms with van der Waals surface area (Å²) >= 11 is 0. The normalized spacial score (nSPS) is 27.1. The third-order valence-corrected chi connectivity index (χ3v) is 5.95. The minimum Gasteiger partial charge on any atom is -0.756 e. The van der Waals surface area contributed by atoms with Gasteiger partial charge in [-0.25, -0.2) is 23.8 Å². The second-order valence-electron chi connectivity index (χ2n) is 5.76. The molecule has 2 aromatic heterocycles. The molecule has 1 fully saturated rings. The topological polar surface area (TPSA) is 284 Å². The number of nitrogens with two attached hydrogens (primary N) is 1. The Kier molecular flexibility index (Phi) is 8.19. The van der Waals surface area contributed by atoms with Crippen LogP contribution in [-0.2, 0) is 22.7 Å². The van der Waals surface area contributed by atoms with Gasteiger partial charge in [-0.15, -0.1) is 0 Å². The van der Waals surface area contributed by atoms with Crippen molar-refractivity contribution in [1.82, 2.24) is 19.5 Å². The van der Waals surface area contributed by atoms with Gasteiger partial charge < -0.3 is 35.4 Å². The summed E-state index contributed by atoms with van der Waals surface area (Å²) in [5.41, 5.74) is 14.4. The number of azide groups is 1. The fourth-order valence-electron chi connectivity index (χ4n) is 2.66. The van der Waals surface area contributed by atoms with Gasteiger partial charge >= 0.3 is 37.4 Å². The molecule has 0 aromatic carbocycles. The molecule has 31 heavy (non-hydrogen) atoms. The molecule has 3 heterocycles. The van der Waals surface area contributed by atoms with Crippen molar-refractivity contribution in [3.63, 3.8) is 0 Å². The standard InChI is InChI=1S/C10H14N8O10P2.Na/c11-7-4-8(14-2-13-7)18(10(15-4)16-17-12)9-6(20)5(19)3(27-9)1-26-30(24,25)28-29(21,22)23;/h2-3,5-6,9,19-20H,1H2,(H,24,25)(H2,11,13,14)(H2,21,22,23);/q;+1/p-1/t3-,5-,6-,9-;/m1./s1. The van der Waals surface area contributed by atoms with Crippen LogP contribution in [0.1, 0.15) is 6.23 Å². The van der Waals surface area contributed by atoms with Gasteiger partial charge in [0.15, 0.2) is 23.2 Å². The number of aromatic nitrogens is 4. The van der Waals surface area contributed by atoms with Crippen LogP contribution in [0.4, 0.5) is 11.8 Å². The van der Waals surface area contributed by atoms with E-state index in [1.165, 1.54) is 0 Å². The molecule has 1 aliphatic heterocycles. The summed E-state index contributed by atoms with van der Waals surface area (Å²) in [4.78, 5) is 42.5. The van der Waals surface area contributed by atoms with Gasteiger partial charge in [0.25, 0.3) is 7.82 Å². The summed E-state index contributed by atoms with van der Waals surface area (Å²) in [6.45, 7) is -0.941. The molecule has 164 valence electrons. The van der Waals surface area contributed by atoms with E-state index >= 15 is 0 Å². The molecule has 0 saturated carbocycles. The van der Waals surface area contributed by atoms with E-state index in [4.69, 9.17) is 20.9 Å². The first-order valence-corrected chi connectivity index (χ1v) is 10.7. The van der Waals surface area contributed by atoms with E-state index in [-0.39, 0.29) is 52.5 Å². The Hall–Kier alpha value is -1.20. The number of phosphoric ester groups is 1. The van der Waals surface area contributed by atoms with Crippen LogP contribution in [0.2, 0.25) is 0 Å². The number of nitrogens with zero attached hydrogens (tertiary/aromatic N) is 7. The van der Waals surface area contributed by atoms with Gasteiger partial charge in [-0.1, -0.05) is 0 Å². The Morgan fingerprint density at radius 2 is 2.03 bits per heavy atom. The molecule has 3 rings (SSSR count).